The molecule has 0 saturated heterocycles. The summed E-state index contributed by atoms with van der Waals surface area (Å²) in [5, 5.41) is 0. The van der Waals surface area contributed by atoms with Gasteiger partial charge in [-0.1, -0.05) is 26.0 Å². The number of sulfonamides is 1. The van der Waals surface area contributed by atoms with Gasteiger partial charge in [0.25, 0.3) is 0 Å². The number of methoxy groups -OCH3 is 1. The average Bonchev–Trinajstić information content (AvgIpc) is 2.43. The first-order valence-corrected chi connectivity index (χ1v) is 7.88. The number of nitrogens with one attached hydrogen (secondary N) is 1. The molecular weight excluding hydrogens is 294 g/mol. The average molecular weight is 313 g/mol. The Morgan fingerprint density at radius 2 is 1.67 bits per heavy atom. The molecule has 21 heavy (non-hydrogen) atoms. The summed E-state index contributed by atoms with van der Waals surface area (Å²) < 4.78 is 31.4. The summed E-state index contributed by atoms with van der Waals surface area (Å²) in [6.45, 7) is 4.82. The summed E-state index contributed by atoms with van der Waals surface area (Å²) in [7, 11) is -2.66. The monoisotopic (exact) mass is 313 g/mol. The molecule has 1 aromatic rings. The topological polar surface area (TPSA) is 89.5 Å². The van der Waals surface area contributed by atoms with Crippen molar-refractivity contribution in [2.24, 2.45) is 5.92 Å². The van der Waals surface area contributed by atoms with Gasteiger partial charge in [-0.25, -0.2) is 8.42 Å². The van der Waals surface area contributed by atoms with Crippen molar-refractivity contribution in [2.75, 3.05) is 7.11 Å². The molecule has 0 heterocycles. The Labute approximate surface area is 124 Å². The van der Waals surface area contributed by atoms with Crippen LogP contribution in [0.5, 0.6) is 0 Å². The predicted octanol–water partition coefficient (Wildman–Crippen LogP) is 1.37. The van der Waals surface area contributed by atoms with Gasteiger partial charge in [0.2, 0.25) is 10.0 Å². The zero-order valence-electron chi connectivity index (χ0n) is 12.4. The van der Waals surface area contributed by atoms with Crippen molar-refractivity contribution in [3.05, 3.63) is 29.8 Å². The molecule has 0 aromatic heterocycles. The number of carbonyl (C=O) groups is 2. The lowest BCUT2D eigenvalue weighted by atomic mass is 10.1. The highest BCUT2D eigenvalue weighted by atomic mass is 32.2. The molecule has 0 aliphatic carbocycles. The van der Waals surface area contributed by atoms with Crippen LogP contribution in [0.25, 0.3) is 0 Å². The van der Waals surface area contributed by atoms with E-state index in [1.807, 2.05) is 0 Å². The molecule has 116 valence electrons. The number of carbonyl (C=O) groups excluding carboxylic acids is 2. The molecule has 0 radical (unpaired) electrons. The minimum absolute atomic E-state index is 0.0120. The van der Waals surface area contributed by atoms with Crippen LogP contribution in [0.2, 0.25) is 0 Å². The number of hydrogen-bond acceptors (Lipinski definition) is 5. The highest BCUT2D eigenvalue weighted by Crippen LogP contribution is 2.14. The van der Waals surface area contributed by atoms with Gasteiger partial charge in [-0.15, -0.1) is 0 Å². The summed E-state index contributed by atoms with van der Waals surface area (Å²) in [4.78, 5) is 22.8. The van der Waals surface area contributed by atoms with Crippen molar-refractivity contribution in [3.8, 4) is 0 Å². The Morgan fingerprint density at radius 1 is 1.14 bits per heavy atom. The van der Waals surface area contributed by atoms with Gasteiger partial charge in [0.1, 0.15) is 6.04 Å². The fourth-order valence-corrected chi connectivity index (χ4v) is 3.02. The maximum atomic E-state index is 12.2. The Morgan fingerprint density at radius 3 is 2.05 bits per heavy atom. The van der Waals surface area contributed by atoms with Crippen molar-refractivity contribution in [2.45, 2.75) is 31.7 Å². The van der Waals surface area contributed by atoms with Crippen molar-refractivity contribution < 1.29 is 22.7 Å². The molecule has 1 N–H and O–H groups in total. The van der Waals surface area contributed by atoms with Crippen molar-refractivity contribution >= 4 is 21.8 Å². The van der Waals surface area contributed by atoms with E-state index in [0.29, 0.717) is 5.56 Å². The van der Waals surface area contributed by atoms with E-state index in [2.05, 4.69) is 9.46 Å². The number of ether oxygens (including phenoxy) is 1. The lowest BCUT2D eigenvalue weighted by Crippen LogP contribution is -2.44. The van der Waals surface area contributed by atoms with Crippen LogP contribution in [-0.2, 0) is 19.6 Å². The minimum atomic E-state index is -3.86. The number of esters is 1. The number of ketones is 1. The third-order valence-electron chi connectivity index (χ3n) is 2.98. The Hall–Kier alpha value is -1.73. The molecule has 7 heteroatoms. The number of rotatable bonds is 6. The molecule has 0 spiro atoms. The van der Waals surface area contributed by atoms with Crippen LogP contribution in [0.4, 0.5) is 0 Å². The van der Waals surface area contributed by atoms with Gasteiger partial charge in [0, 0.05) is 5.56 Å². The van der Waals surface area contributed by atoms with E-state index in [0.717, 1.165) is 0 Å². The van der Waals surface area contributed by atoms with Gasteiger partial charge < -0.3 is 4.74 Å². The largest absolute Gasteiger partial charge is 0.468 e. The molecule has 0 aliphatic rings. The molecule has 6 nitrogen and oxygen atoms in total. The highest BCUT2D eigenvalue weighted by Gasteiger charge is 2.29. The Balaban J connectivity index is 3.04. The molecule has 1 rings (SSSR count). The van der Waals surface area contributed by atoms with Gasteiger partial charge in [-0.3, -0.25) is 9.59 Å². The van der Waals surface area contributed by atoms with Gasteiger partial charge >= 0.3 is 5.97 Å². The quantitative estimate of drug-likeness (QED) is 0.633. The molecular formula is C14H19NO5S. The van der Waals surface area contributed by atoms with Crippen LogP contribution in [0.15, 0.2) is 29.2 Å². The lowest BCUT2D eigenvalue weighted by molar-refractivity contribution is -0.143. The second-order valence-corrected chi connectivity index (χ2v) is 6.66. The Bertz CT molecular complexity index is 619. The van der Waals surface area contributed by atoms with Crippen LogP contribution in [0.3, 0.4) is 0 Å². The van der Waals surface area contributed by atoms with Crippen molar-refractivity contribution in [1.82, 2.24) is 4.72 Å². The maximum Gasteiger partial charge on any atom is 0.324 e. The van der Waals surface area contributed by atoms with E-state index < -0.39 is 22.0 Å². The van der Waals surface area contributed by atoms with Gasteiger partial charge in [0.15, 0.2) is 5.78 Å². The summed E-state index contributed by atoms with van der Waals surface area (Å²) in [6, 6.07) is 4.55. The first kappa shape index (κ1) is 17.3. The SMILES string of the molecule is COC(=O)C(NS(=O)(=O)c1ccc(C(C)=O)cc1)C(C)C. The number of benzene rings is 1. The normalized spacial score (nSPS) is 13.0. The second kappa shape index (κ2) is 6.82. The van der Waals surface area contributed by atoms with Crippen LogP contribution >= 0.6 is 0 Å². The maximum absolute atomic E-state index is 12.2. The summed E-state index contributed by atoms with van der Waals surface area (Å²) >= 11 is 0. The van der Waals surface area contributed by atoms with E-state index in [1.165, 1.54) is 38.3 Å². The lowest BCUT2D eigenvalue weighted by Gasteiger charge is -2.19. The van der Waals surface area contributed by atoms with E-state index in [-0.39, 0.29) is 16.6 Å². The molecule has 0 saturated carbocycles. The smallest absolute Gasteiger partial charge is 0.324 e. The molecule has 0 fully saturated rings. The third-order valence-corrected chi connectivity index (χ3v) is 4.43. The molecule has 0 amide bonds. The third kappa shape index (κ3) is 4.37. The zero-order valence-corrected chi connectivity index (χ0v) is 13.2. The van der Waals surface area contributed by atoms with E-state index in [4.69, 9.17) is 0 Å². The first-order valence-electron chi connectivity index (χ1n) is 6.40. The van der Waals surface area contributed by atoms with Crippen LogP contribution in [0, 0.1) is 5.92 Å². The zero-order chi connectivity index (χ0) is 16.2. The van der Waals surface area contributed by atoms with Gasteiger partial charge in [-0.05, 0) is 25.0 Å². The van der Waals surface area contributed by atoms with Crippen LogP contribution < -0.4 is 4.72 Å². The number of Topliss-reactive ketones (excluding diaryl/α,β-unsaturated/α-hetero) is 1. The molecule has 1 aromatic carbocycles. The predicted molar refractivity (Wildman–Crippen MR) is 77.4 cm³/mol. The van der Waals surface area contributed by atoms with Crippen molar-refractivity contribution in [3.63, 3.8) is 0 Å². The van der Waals surface area contributed by atoms with E-state index in [9.17, 15) is 18.0 Å². The van der Waals surface area contributed by atoms with Crippen molar-refractivity contribution in [1.29, 1.82) is 0 Å². The summed E-state index contributed by atoms with van der Waals surface area (Å²) in [5.74, 6) is -1.06. The standard InChI is InChI=1S/C14H19NO5S/c1-9(2)13(14(17)20-4)15-21(18,19)12-7-5-11(6-8-12)10(3)16/h5-9,13,15H,1-4H3. The summed E-state index contributed by atoms with van der Waals surface area (Å²) in [5.41, 5.74) is 0.419. The molecule has 1 unspecified atom stereocenters. The fourth-order valence-electron chi connectivity index (χ4n) is 1.69. The highest BCUT2D eigenvalue weighted by molar-refractivity contribution is 7.89. The van der Waals surface area contributed by atoms with E-state index in [1.54, 1.807) is 13.8 Å². The molecule has 1 atom stereocenters. The van der Waals surface area contributed by atoms with Gasteiger partial charge in [-0.2, -0.15) is 4.72 Å². The second-order valence-electron chi connectivity index (χ2n) is 4.95. The first-order chi connectivity index (χ1) is 9.69. The van der Waals surface area contributed by atoms with Crippen LogP contribution in [-0.4, -0.2) is 33.3 Å². The summed E-state index contributed by atoms with van der Waals surface area (Å²) in [6.07, 6.45) is 0. The number of hydrogen-bond donors (Lipinski definition) is 1. The van der Waals surface area contributed by atoms with Crippen LogP contribution in [0.1, 0.15) is 31.1 Å². The van der Waals surface area contributed by atoms with Gasteiger partial charge in [0.05, 0.1) is 12.0 Å². The fraction of sp³-hybridized carbons (Fsp3) is 0.429. The van der Waals surface area contributed by atoms with E-state index >= 15 is 0 Å². The minimum Gasteiger partial charge on any atom is -0.468 e. The molecule has 0 aliphatic heterocycles. The molecule has 0 bridgehead atoms. The Kier molecular flexibility index (Phi) is 5.62.